The summed E-state index contributed by atoms with van der Waals surface area (Å²) in [5.41, 5.74) is 1.85. The minimum atomic E-state index is -0.943. The molecule has 0 bridgehead atoms. The molecule has 0 spiro atoms. The zero-order chi connectivity index (χ0) is 19.4. The van der Waals surface area contributed by atoms with Crippen molar-refractivity contribution in [1.29, 1.82) is 0 Å². The second kappa shape index (κ2) is 12.7. The molecule has 0 aromatic carbocycles. The molecule has 0 rings (SSSR count). The summed E-state index contributed by atoms with van der Waals surface area (Å²) >= 11 is 0. The summed E-state index contributed by atoms with van der Waals surface area (Å²) in [4.78, 5) is 22.0. The molecule has 0 aromatic rings. The quantitative estimate of drug-likeness (QED) is 0.215. The molecule has 0 saturated heterocycles. The molecule has 25 heavy (non-hydrogen) atoms. The van der Waals surface area contributed by atoms with Gasteiger partial charge in [-0.25, -0.2) is 4.79 Å². The fourth-order valence-corrected chi connectivity index (χ4v) is 2.89. The van der Waals surface area contributed by atoms with Gasteiger partial charge in [-0.1, -0.05) is 37.8 Å². The maximum absolute atomic E-state index is 11.4. The van der Waals surface area contributed by atoms with Crippen molar-refractivity contribution in [3.05, 3.63) is 23.3 Å². The van der Waals surface area contributed by atoms with Crippen LogP contribution in [0, 0.1) is 11.8 Å². The number of carboxylic acid groups (broad SMARTS) is 1. The predicted octanol–water partition coefficient (Wildman–Crippen LogP) is 2.69. The first kappa shape index (κ1) is 23.3. The number of methoxy groups -OCH3 is 1. The Balaban J connectivity index is 4.19. The summed E-state index contributed by atoms with van der Waals surface area (Å²) in [6.45, 7) is 5.47. The van der Waals surface area contributed by atoms with Gasteiger partial charge in [0.25, 0.3) is 0 Å². The van der Waals surface area contributed by atoms with Gasteiger partial charge < -0.3 is 20.1 Å². The number of aliphatic hydroxyl groups is 2. The molecule has 0 saturated carbocycles. The highest BCUT2D eigenvalue weighted by molar-refractivity contribution is 5.81. The number of rotatable bonds is 12. The maximum atomic E-state index is 11.4. The number of unbranched alkanes of at least 4 members (excludes halogenated alkanes) is 1. The predicted molar refractivity (Wildman–Crippen MR) is 96.0 cm³/mol. The number of carbonyl (C=O) groups excluding carboxylic acids is 1. The number of allylic oxidation sites excluding steroid dienone is 3. The van der Waals surface area contributed by atoms with E-state index in [0.29, 0.717) is 12.3 Å². The lowest BCUT2D eigenvalue weighted by Crippen LogP contribution is -2.32. The van der Waals surface area contributed by atoms with Crippen LogP contribution in [-0.2, 0) is 14.3 Å². The first-order valence-corrected chi connectivity index (χ1v) is 8.66. The van der Waals surface area contributed by atoms with Gasteiger partial charge in [-0.05, 0) is 38.2 Å². The van der Waals surface area contributed by atoms with Crippen molar-refractivity contribution < 1.29 is 29.6 Å². The van der Waals surface area contributed by atoms with Crippen molar-refractivity contribution in [2.24, 2.45) is 11.8 Å². The van der Waals surface area contributed by atoms with Crippen LogP contribution < -0.4 is 0 Å². The fraction of sp³-hybridized carbons (Fsp3) is 0.684. The van der Waals surface area contributed by atoms with Gasteiger partial charge in [0.15, 0.2) is 0 Å². The van der Waals surface area contributed by atoms with Crippen molar-refractivity contribution >= 4 is 11.9 Å². The molecule has 0 radical (unpaired) electrons. The smallest absolute Gasteiger partial charge is 0.328 e. The number of aliphatic hydroxyl groups excluding tert-OH is 2. The Kier molecular flexibility index (Phi) is 11.8. The normalized spacial score (nSPS) is 16.2. The standard InChI is InChI=1S/C19H32O6/c1-13(9-14(2)10-15(3)11-18(22)23)7-5-6-8-17(21)16(12-20)19(24)25-4/h10-11,13,16-17,20-21H,5-9,12H2,1-4H3,(H,22,23)/b14-10+,15-11+/t13-,16+,17+/m1/s1. The largest absolute Gasteiger partial charge is 0.478 e. The molecule has 3 atom stereocenters. The maximum Gasteiger partial charge on any atom is 0.328 e. The van der Waals surface area contributed by atoms with Crippen LogP contribution in [0.2, 0.25) is 0 Å². The molecule has 3 N–H and O–H groups in total. The lowest BCUT2D eigenvalue weighted by atomic mass is 9.93. The first-order valence-electron chi connectivity index (χ1n) is 8.66. The van der Waals surface area contributed by atoms with Gasteiger partial charge in [-0.2, -0.15) is 0 Å². The summed E-state index contributed by atoms with van der Waals surface area (Å²) in [6, 6.07) is 0. The Morgan fingerprint density at radius 1 is 1.12 bits per heavy atom. The summed E-state index contributed by atoms with van der Waals surface area (Å²) < 4.78 is 4.56. The number of carbonyl (C=O) groups is 2. The average molecular weight is 356 g/mol. The van der Waals surface area contributed by atoms with Crippen LogP contribution in [0.4, 0.5) is 0 Å². The van der Waals surface area contributed by atoms with Gasteiger partial charge in [0, 0.05) is 6.08 Å². The number of hydrogen-bond acceptors (Lipinski definition) is 5. The molecule has 144 valence electrons. The molecular formula is C19H32O6. The van der Waals surface area contributed by atoms with Gasteiger partial charge in [-0.3, -0.25) is 4.79 Å². The SMILES string of the molecule is COC(=O)[C@@H](CO)[C@@H](O)CCCC[C@@H](C)C/C(C)=C/C(C)=C/C(=O)O. The lowest BCUT2D eigenvalue weighted by molar-refractivity contribution is -0.151. The van der Waals surface area contributed by atoms with E-state index >= 15 is 0 Å². The zero-order valence-electron chi connectivity index (χ0n) is 15.7. The van der Waals surface area contributed by atoms with E-state index in [9.17, 15) is 14.7 Å². The van der Waals surface area contributed by atoms with Crippen LogP contribution >= 0.6 is 0 Å². The van der Waals surface area contributed by atoms with Crippen molar-refractivity contribution in [3.8, 4) is 0 Å². The highest BCUT2D eigenvalue weighted by Gasteiger charge is 2.26. The van der Waals surface area contributed by atoms with E-state index in [1.165, 1.54) is 13.2 Å². The Labute approximate surface area is 150 Å². The van der Waals surface area contributed by atoms with Crippen LogP contribution in [0.3, 0.4) is 0 Å². The van der Waals surface area contributed by atoms with Crippen LogP contribution in [0.25, 0.3) is 0 Å². The molecule has 0 heterocycles. The van der Waals surface area contributed by atoms with E-state index in [1.54, 1.807) is 6.92 Å². The summed E-state index contributed by atoms with van der Waals surface area (Å²) in [5.74, 6) is -1.97. The number of esters is 1. The Morgan fingerprint density at radius 2 is 1.72 bits per heavy atom. The molecule has 0 aliphatic heterocycles. The molecule has 6 nitrogen and oxygen atoms in total. The minimum absolute atomic E-state index is 0.419. The van der Waals surface area contributed by atoms with E-state index < -0.39 is 30.6 Å². The van der Waals surface area contributed by atoms with Gasteiger partial charge in [-0.15, -0.1) is 0 Å². The second-order valence-electron chi connectivity index (χ2n) is 6.69. The summed E-state index contributed by atoms with van der Waals surface area (Å²) in [7, 11) is 1.24. The van der Waals surface area contributed by atoms with Crippen LogP contribution in [-0.4, -0.2) is 47.1 Å². The lowest BCUT2D eigenvalue weighted by Gasteiger charge is -2.19. The molecule has 0 aliphatic rings. The van der Waals surface area contributed by atoms with E-state index in [0.717, 1.165) is 36.8 Å². The third-order valence-corrected chi connectivity index (χ3v) is 4.11. The van der Waals surface area contributed by atoms with Crippen LogP contribution in [0.1, 0.15) is 52.9 Å². The summed E-state index contributed by atoms with van der Waals surface area (Å²) in [6.07, 6.45) is 6.16. The molecule has 0 aliphatic carbocycles. The van der Waals surface area contributed by atoms with Crippen LogP contribution in [0.5, 0.6) is 0 Å². The topological polar surface area (TPSA) is 104 Å². The third-order valence-electron chi connectivity index (χ3n) is 4.11. The Morgan fingerprint density at radius 3 is 2.24 bits per heavy atom. The molecular weight excluding hydrogens is 324 g/mol. The first-order chi connectivity index (χ1) is 11.7. The molecule has 6 heteroatoms. The highest BCUT2D eigenvalue weighted by Crippen LogP contribution is 2.20. The van der Waals surface area contributed by atoms with Crippen molar-refractivity contribution in [2.45, 2.75) is 59.0 Å². The second-order valence-corrected chi connectivity index (χ2v) is 6.69. The number of aliphatic carboxylic acids is 1. The number of carboxylic acids is 1. The van der Waals surface area contributed by atoms with E-state index in [1.807, 2.05) is 13.0 Å². The number of hydrogen-bond donors (Lipinski definition) is 3. The monoisotopic (exact) mass is 356 g/mol. The van der Waals surface area contributed by atoms with E-state index in [-0.39, 0.29) is 0 Å². The third kappa shape index (κ3) is 10.7. The van der Waals surface area contributed by atoms with Gasteiger partial charge >= 0.3 is 11.9 Å². The molecule has 0 unspecified atom stereocenters. The van der Waals surface area contributed by atoms with Crippen molar-refractivity contribution in [2.75, 3.05) is 13.7 Å². The van der Waals surface area contributed by atoms with Gasteiger partial charge in [0.05, 0.1) is 19.8 Å². The van der Waals surface area contributed by atoms with Crippen molar-refractivity contribution in [1.82, 2.24) is 0 Å². The van der Waals surface area contributed by atoms with Crippen molar-refractivity contribution in [3.63, 3.8) is 0 Å². The average Bonchev–Trinajstić information content (AvgIpc) is 2.50. The molecule has 0 aromatic heterocycles. The van der Waals surface area contributed by atoms with Crippen LogP contribution in [0.15, 0.2) is 23.3 Å². The highest BCUT2D eigenvalue weighted by atomic mass is 16.5. The minimum Gasteiger partial charge on any atom is -0.478 e. The van der Waals surface area contributed by atoms with E-state index in [2.05, 4.69) is 11.7 Å². The van der Waals surface area contributed by atoms with Gasteiger partial charge in [0.1, 0.15) is 5.92 Å². The molecule has 0 amide bonds. The zero-order valence-corrected chi connectivity index (χ0v) is 15.7. The number of ether oxygens (including phenoxy) is 1. The Hall–Kier alpha value is -1.66. The fourth-order valence-electron chi connectivity index (χ4n) is 2.89. The molecule has 0 fully saturated rings. The van der Waals surface area contributed by atoms with Gasteiger partial charge in [0.2, 0.25) is 0 Å². The Bertz CT molecular complexity index is 480. The summed E-state index contributed by atoms with van der Waals surface area (Å²) in [5, 5.41) is 27.8. The van der Waals surface area contributed by atoms with E-state index in [4.69, 9.17) is 10.2 Å².